The molecule has 0 spiro atoms. The number of benzene rings is 1. The fourth-order valence-corrected chi connectivity index (χ4v) is 1.39. The van der Waals surface area contributed by atoms with E-state index in [9.17, 15) is 4.79 Å². The van der Waals surface area contributed by atoms with Crippen molar-refractivity contribution < 1.29 is 14.3 Å². The van der Waals surface area contributed by atoms with Gasteiger partial charge in [0.1, 0.15) is 12.3 Å². The van der Waals surface area contributed by atoms with E-state index in [1.165, 1.54) is 0 Å². The zero-order chi connectivity index (χ0) is 13.2. The van der Waals surface area contributed by atoms with E-state index in [4.69, 9.17) is 9.47 Å². The molecule has 4 nitrogen and oxygen atoms in total. The van der Waals surface area contributed by atoms with Gasteiger partial charge in [0.05, 0.1) is 13.2 Å². The highest BCUT2D eigenvalue weighted by Crippen LogP contribution is 2.15. The third-order valence-corrected chi connectivity index (χ3v) is 2.36. The van der Waals surface area contributed by atoms with E-state index in [0.717, 1.165) is 24.3 Å². The van der Waals surface area contributed by atoms with Gasteiger partial charge in [-0.3, -0.25) is 4.79 Å². The number of ether oxygens (including phenoxy) is 2. The number of hydrogen-bond donors (Lipinski definition) is 1. The highest BCUT2D eigenvalue weighted by Gasteiger charge is 2.02. The van der Waals surface area contributed by atoms with Crippen LogP contribution < -0.4 is 10.1 Å². The lowest BCUT2D eigenvalue weighted by molar-refractivity contribution is -0.141. The highest BCUT2D eigenvalue weighted by molar-refractivity contribution is 5.75. The quantitative estimate of drug-likeness (QED) is 0.570. The molecule has 0 aliphatic heterocycles. The van der Waals surface area contributed by atoms with E-state index >= 15 is 0 Å². The van der Waals surface area contributed by atoms with Crippen molar-refractivity contribution in [2.75, 3.05) is 25.1 Å². The lowest BCUT2D eigenvalue weighted by Crippen LogP contribution is -2.17. The van der Waals surface area contributed by atoms with Crippen LogP contribution in [0.25, 0.3) is 0 Å². The monoisotopic (exact) mass is 251 g/mol. The fourth-order valence-electron chi connectivity index (χ4n) is 1.39. The first-order chi connectivity index (χ1) is 8.76. The minimum absolute atomic E-state index is 0.192. The normalized spacial score (nSPS) is 9.89. The third-order valence-electron chi connectivity index (χ3n) is 2.36. The molecule has 0 aliphatic rings. The van der Waals surface area contributed by atoms with Gasteiger partial charge in [0.25, 0.3) is 0 Å². The Bertz CT molecular complexity index is 349. The molecule has 1 aromatic carbocycles. The van der Waals surface area contributed by atoms with Crippen molar-refractivity contribution >= 4 is 11.7 Å². The first-order valence-corrected chi connectivity index (χ1v) is 6.38. The number of esters is 1. The Labute approximate surface area is 108 Å². The van der Waals surface area contributed by atoms with Gasteiger partial charge in [0, 0.05) is 5.69 Å². The highest BCUT2D eigenvalue weighted by atomic mass is 16.5. The van der Waals surface area contributed by atoms with E-state index in [1.54, 1.807) is 0 Å². The van der Waals surface area contributed by atoms with Gasteiger partial charge >= 0.3 is 5.97 Å². The van der Waals surface area contributed by atoms with E-state index in [-0.39, 0.29) is 12.5 Å². The largest absolute Gasteiger partial charge is 0.494 e. The molecular formula is C14H21NO3. The van der Waals surface area contributed by atoms with Crippen molar-refractivity contribution in [2.24, 2.45) is 0 Å². The predicted octanol–water partition coefficient (Wildman–Crippen LogP) is 2.84. The lowest BCUT2D eigenvalue weighted by Gasteiger charge is -2.08. The first-order valence-electron chi connectivity index (χ1n) is 6.38. The zero-order valence-electron chi connectivity index (χ0n) is 11.1. The summed E-state index contributed by atoms with van der Waals surface area (Å²) in [6, 6.07) is 7.50. The molecule has 100 valence electrons. The van der Waals surface area contributed by atoms with E-state index in [2.05, 4.69) is 12.2 Å². The van der Waals surface area contributed by atoms with Gasteiger partial charge in [-0.1, -0.05) is 13.3 Å². The molecule has 0 fully saturated rings. The minimum atomic E-state index is -0.225. The third kappa shape index (κ3) is 5.57. The van der Waals surface area contributed by atoms with E-state index < -0.39 is 0 Å². The van der Waals surface area contributed by atoms with Crippen LogP contribution in [-0.4, -0.2) is 25.7 Å². The Morgan fingerprint density at radius 1 is 1.22 bits per heavy atom. The number of carbonyl (C=O) groups excluding carboxylic acids is 1. The summed E-state index contributed by atoms with van der Waals surface area (Å²) in [6.45, 7) is 5.35. The molecular weight excluding hydrogens is 230 g/mol. The number of rotatable bonds is 8. The minimum Gasteiger partial charge on any atom is -0.494 e. The van der Waals surface area contributed by atoms with Crippen LogP contribution in [0.5, 0.6) is 5.75 Å². The van der Waals surface area contributed by atoms with Gasteiger partial charge in [0.2, 0.25) is 0 Å². The maximum absolute atomic E-state index is 11.4. The zero-order valence-corrected chi connectivity index (χ0v) is 11.1. The Morgan fingerprint density at radius 2 is 1.94 bits per heavy atom. The van der Waals surface area contributed by atoms with Crippen molar-refractivity contribution in [3.8, 4) is 5.75 Å². The van der Waals surface area contributed by atoms with E-state index in [1.807, 2.05) is 31.2 Å². The molecule has 0 amide bonds. The van der Waals surface area contributed by atoms with Crippen LogP contribution in [0.1, 0.15) is 26.7 Å². The molecule has 0 bridgehead atoms. The maximum Gasteiger partial charge on any atom is 0.325 e. The molecule has 18 heavy (non-hydrogen) atoms. The number of nitrogens with one attached hydrogen (secondary N) is 1. The van der Waals surface area contributed by atoms with Gasteiger partial charge in [-0.2, -0.15) is 0 Å². The molecule has 0 aliphatic carbocycles. The summed E-state index contributed by atoms with van der Waals surface area (Å²) < 4.78 is 10.4. The molecule has 1 aromatic rings. The topological polar surface area (TPSA) is 47.6 Å². The fraction of sp³-hybridized carbons (Fsp3) is 0.500. The van der Waals surface area contributed by atoms with Crippen molar-refractivity contribution in [1.82, 2.24) is 0 Å². The smallest absolute Gasteiger partial charge is 0.325 e. The molecule has 0 saturated carbocycles. The molecule has 4 heteroatoms. The van der Waals surface area contributed by atoms with Crippen LogP contribution in [-0.2, 0) is 9.53 Å². The van der Waals surface area contributed by atoms with Crippen molar-refractivity contribution in [3.05, 3.63) is 24.3 Å². The SMILES string of the molecule is CCCCOC(=O)CNc1ccc(OCC)cc1. The Balaban J connectivity index is 2.27. The van der Waals surface area contributed by atoms with Crippen LogP contribution in [0.4, 0.5) is 5.69 Å². The van der Waals surface area contributed by atoms with Crippen LogP contribution in [0.15, 0.2) is 24.3 Å². The summed E-state index contributed by atoms with van der Waals surface area (Å²) in [5, 5.41) is 3.01. The molecule has 0 saturated heterocycles. The first kappa shape index (κ1) is 14.4. The van der Waals surface area contributed by atoms with Gasteiger partial charge in [0.15, 0.2) is 0 Å². The summed E-state index contributed by atoms with van der Waals surface area (Å²) in [4.78, 5) is 11.4. The summed E-state index contributed by atoms with van der Waals surface area (Å²) in [6.07, 6.45) is 1.94. The second kappa shape index (κ2) is 8.39. The maximum atomic E-state index is 11.4. The average molecular weight is 251 g/mol. The van der Waals surface area contributed by atoms with Crippen LogP contribution in [0.2, 0.25) is 0 Å². The molecule has 1 rings (SSSR count). The van der Waals surface area contributed by atoms with Crippen molar-refractivity contribution in [3.63, 3.8) is 0 Å². The molecule has 0 aromatic heterocycles. The Hall–Kier alpha value is -1.71. The number of hydrogen-bond acceptors (Lipinski definition) is 4. The second-order valence-corrected chi connectivity index (χ2v) is 3.88. The number of carbonyl (C=O) groups is 1. The predicted molar refractivity (Wildman–Crippen MR) is 72.0 cm³/mol. The van der Waals surface area contributed by atoms with Crippen molar-refractivity contribution in [1.29, 1.82) is 0 Å². The molecule has 0 heterocycles. The Morgan fingerprint density at radius 3 is 2.56 bits per heavy atom. The van der Waals surface area contributed by atoms with E-state index in [0.29, 0.717) is 13.2 Å². The van der Waals surface area contributed by atoms with Crippen LogP contribution >= 0.6 is 0 Å². The summed E-state index contributed by atoms with van der Waals surface area (Å²) in [5.41, 5.74) is 0.880. The molecule has 1 N–H and O–H groups in total. The number of unbranched alkanes of at least 4 members (excludes halogenated alkanes) is 1. The number of anilines is 1. The molecule has 0 unspecified atom stereocenters. The average Bonchev–Trinajstić information content (AvgIpc) is 2.39. The van der Waals surface area contributed by atoms with Crippen LogP contribution in [0, 0.1) is 0 Å². The van der Waals surface area contributed by atoms with Gasteiger partial charge in [-0.15, -0.1) is 0 Å². The standard InChI is InChI=1S/C14H21NO3/c1-3-5-10-18-14(16)11-15-12-6-8-13(9-7-12)17-4-2/h6-9,15H,3-5,10-11H2,1-2H3. The van der Waals surface area contributed by atoms with Crippen LogP contribution in [0.3, 0.4) is 0 Å². The summed E-state index contributed by atoms with van der Waals surface area (Å²) in [5.74, 6) is 0.603. The van der Waals surface area contributed by atoms with Gasteiger partial charge in [-0.05, 0) is 37.6 Å². The molecule has 0 atom stereocenters. The van der Waals surface area contributed by atoms with Gasteiger partial charge < -0.3 is 14.8 Å². The summed E-state index contributed by atoms with van der Waals surface area (Å²) >= 11 is 0. The van der Waals surface area contributed by atoms with Gasteiger partial charge in [-0.25, -0.2) is 0 Å². The lowest BCUT2D eigenvalue weighted by atomic mass is 10.3. The summed E-state index contributed by atoms with van der Waals surface area (Å²) in [7, 11) is 0. The molecule has 0 radical (unpaired) electrons. The Kier molecular flexibility index (Phi) is 6.69. The van der Waals surface area contributed by atoms with Crippen molar-refractivity contribution in [2.45, 2.75) is 26.7 Å². The second-order valence-electron chi connectivity index (χ2n) is 3.88.